The first-order chi connectivity index (χ1) is 6.67. The molecule has 1 heterocycles. The zero-order valence-electron chi connectivity index (χ0n) is 8.53. The van der Waals surface area contributed by atoms with Gasteiger partial charge in [-0.2, -0.15) is 0 Å². The maximum Gasteiger partial charge on any atom is 0.0607 e. The summed E-state index contributed by atoms with van der Waals surface area (Å²) in [6, 6.07) is 4.10. The van der Waals surface area contributed by atoms with Crippen molar-refractivity contribution in [1.82, 2.24) is 5.32 Å². The average molecular weight is 215 g/mol. The quantitative estimate of drug-likeness (QED) is 0.688. The van der Waals surface area contributed by atoms with Gasteiger partial charge in [0.2, 0.25) is 0 Å². The fourth-order valence-electron chi connectivity index (χ4n) is 1.28. The summed E-state index contributed by atoms with van der Waals surface area (Å²) in [5.74, 6) is 0. The van der Waals surface area contributed by atoms with E-state index in [0.29, 0.717) is 0 Å². The van der Waals surface area contributed by atoms with Gasteiger partial charge < -0.3 is 15.5 Å². The molecule has 0 aliphatic carbocycles. The second kappa shape index (κ2) is 5.46. The Morgan fingerprint density at radius 3 is 2.43 bits per heavy atom. The van der Waals surface area contributed by atoms with Crippen molar-refractivity contribution in [3.05, 3.63) is 21.9 Å². The molecule has 0 aliphatic rings. The van der Waals surface area contributed by atoms with Gasteiger partial charge in [-0.1, -0.05) is 0 Å². The molecule has 0 radical (unpaired) electrons. The number of nitrogens with one attached hydrogen (secondary N) is 1. The van der Waals surface area contributed by atoms with Crippen LogP contribution in [-0.2, 0) is 0 Å². The first kappa shape index (κ1) is 11.7. The van der Waals surface area contributed by atoms with Gasteiger partial charge >= 0.3 is 0 Å². The number of rotatable bonds is 5. The molecule has 0 aliphatic heterocycles. The standard InChI is InChI=1S/C10H17NO2S/c1-7-3-4-10(14-7)8(2)11-9(5-12)6-13/h3-4,8-9,11-13H,5-6H2,1-2H3/t8-/m1/s1. The molecule has 4 heteroatoms. The van der Waals surface area contributed by atoms with E-state index in [1.807, 2.05) is 6.92 Å². The Hall–Kier alpha value is -0.420. The Bertz CT molecular complexity index is 271. The maximum absolute atomic E-state index is 8.91. The number of aliphatic hydroxyl groups is 2. The number of aliphatic hydroxyl groups excluding tert-OH is 2. The summed E-state index contributed by atoms with van der Waals surface area (Å²) in [6.07, 6.45) is 0. The monoisotopic (exact) mass is 215 g/mol. The van der Waals surface area contributed by atoms with Gasteiger partial charge in [0, 0.05) is 15.8 Å². The van der Waals surface area contributed by atoms with E-state index in [1.54, 1.807) is 11.3 Å². The lowest BCUT2D eigenvalue weighted by Crippen LogP contribution is -2.37. The van der Waals surface area contributed by atoms with Crippen molar-refractivity contribution in [2.24, 2.45) is 0 Å². The lowest BCUT2D eigenvalue weighted by atomic mass is 10.2. The van der Waals surface area contributed by atoms with Crippen LogP contribution in [0.4, 0.5) is 0 Å². The van der Waals surface area contributed by atoms with Crippen molar-refractivity contribution >= 4 is 11.3 Å². The van der Waals surface area contributed by atoms with Gasteiger partial charge in [-0.15, -0.1) is 11.3 Å². The molecule has 0 unspecified atom stereocenters. The van der Waals surface area contributed by atoms with Gasteiger partial charge in [0.25, 0.3) is 0 Å². The number of hydrogen-bond donors (Lipinski definition) is 3. The van der Waals surface area contributed by atoms with Crippen LogP contribution in [0.15, 0.2) is 12.1 Å². The van der Waals surface area contributed by atoms with Crippen LogP contribution in [0.2, 0.25) is 0 Å². The number of hydrogen-bond acceptors (Lipinski definition) is 4. The zero-order valence-corrected chi connectivity index (χ0v) is 9.34. The summed E-state index contributed by atoms with van der Waals surface area (Å²) in [6.45, 7) is 4.02. The lowest BCUT2D eigenvalue weighted by Gasteiger charge is -2.18. The first-order valence-electron chi connectivity index (χ1n) is 4.71. The highest BCUT2D eigenvalue weighted by Gasteiger charge is 2.12. The Morgan fingerprint density at radius 1 is 1.36 bits per heavy atom. The highest BCUT2D eigenvalue weighted by Crippen LogP contribution is 2.22. The highest BCUT2D eigenvalue weighted by molar-refractivity contribution is 7.12. The summed E-state index contributed by atoms with van der Waals surface area (Å²) in [5, 5.41) is 21.0. The van der Waals surface area contributed by atoms with Gasteiger partial charge in [-0.05, 0) is 26.0 Å². The second-order valence-electron chi connectivity index (χ2n) is 3.40. The summed E-state index contributed by atoms with van der Waals surface area (Å²) >= 11 is 1.73. The number of thiophene rings is 1. The molecular formula is C10H17NO2S. The van der Waals surface area contributed by atoms with E-state index >= 15 is 0 Å². The molecule has 1 aromatic rings. The molecule has 1 aromatic heterocycles. The zero-order chi connectivity index (χ0) is 10.6. The van der Waals surface area contributed by atoms with Crippen LogP contribution < -0.4 is 5.32 Å². The molecule has 80 valence electrons. The van der Waals surface area contributed by atoms with E-state index in [-0.39, 0.29) is 25.3 Å². The Kier molecular flexibility index (Phi) is 4.54. The summed E-state index contributed by atoms with van der Waals surface area (Å²) in [5.41, 5.74) is 0. The smallest absolute Gasteiger partial charge is 0.0607 e. The molecule has 3 nitrogen and oxygen atoms in total. The molecular weight excluding hydrogens is 198 g/mol. The minimum atomic E-state index is -0.229. The maximum atomic E-state index is 8.91. The molecule has 14 heavy (non-hydrogen) atoms. The van der Waals surface area contributed by atoms with Crippen LogP contribution in [0, 0.1) is 6.92 Å². The van der Waals surface area contributed by atoms with Crippen molar-refractivity contribution < 1.29 is 10.2 Å². The lowest BCUT2D eigenvalue weighted by molar-refractivity contribution is 0.164. The molecule has 1 atom stereocenters. The Morgan fingerprint density at radius 2 is 2.00 bits per heavy atom. The Balaban J connectivity index is 2.53. The summed E-state index contributed by atoms with van der Waals surface area (Å²) in [7, 11) is 0. The van der Waals surface area contributed by atoms with Crippen molar-refractivity contribution in [3.63, 3.8) is 0 Å². The van der Waals surface area contributed by atoms with Gasteiger partial charge in [-0.25, -0.2) is 0 Å². The van der Waals surface area contributed by atoms with Gasteiger partial charge in [0.1, 0.15) is 0 Å². The fraction of sp³-hybridized carbons (Fsp3) is 0.600. The van der Waals surface area contributed by atoms with Gasteiger partial charge in [-0.3, -0.25) is 0 Å². The van der Waals surface area contributed by atoms with Crippen LogP contribution in [0.25, 0.3) is 0 Å². The van der Waals surface area contributed by atoms with Crippen LogP contribution >= 0.6 is 11.3 Å². The van der Waals surface area contributed by atoms with Crippen molar-refractivity contribution in [1.29, 1.82) is 0 Å². The van der Waals surface area contributed by atoms with E-state index in [1.165, 1.54) is 9.75 Å². The molecule has 1 rings (SSSR count). The van der Waals surface area contributed by atoms with E-state index in [9.17, 15) is 0 Å². The van der Waals surface area contributed by atoms with Gasteiger partial charge in [0.15, 0.2) is 0 Å². The third-order valence-corrected chi connectivity index (χ3v) is 3.30. The second-order valence-corrected chi connectivity index (χ2v) is 4.72. The summed E-state index contributed by atoms with van der Waals surface area (Å²) < 4.78 is 0. The SMILES string of the molecule is Cc1ccc([C@@H](C)NC(CO)CO)s1. The van der Waals surface area contributed by atoms with E-state index in [2.05, 4.69) is 24.4 Å². The van der Waals surface area contributed by atoms with Crippen LogP contribution in [-0.4, -0.2) is 29.5 Å². The highest BCUT2D eigenvalue weighted by atomic mass is 32.1. The molecule has 0 saturated heterocycles. The molecule has 0 aromatic carbocycles. The predicted molar refractivity (Wildman–Crippen MR) is 58.6 cm³/mol. The molecule has 0 saturated carbocycles. The molecule has 0 spiro atoms. The third kappa shape index (κ3) is 3.06. The fourth-order valence-corrected chi connectivity index (χ4v) is 2.17. The van der Waals surface area contributed by atoms with Crippen LogP contribution in [0.1, 0.15) is 22.7 Å². The van der Waals surface area contributed by atoms with Crippen LogP contribution in [0.5, 0.6) is 0 Å². The van der Waals surface area contributed by atoms with Crippen molar-refractivity contribution in [2.45, 2.75) is 25.9 Å². The van der Waals surface area contributed by atoms with E-state index < -0.39 is 0 Å². The summed E-state index contributed by atoms with van der Waals surface area (Å²) in [4.78, 5) is 2.51. The van der Waals surface area contributed by atoms with Gasteiger partial charge in [0.05, 0.1) is 19.3 Å². The largest absolute Gasteiger partial charge is 0.395 e. The molecule has 0 fully saturated rings. The third-order valence-electron chi connectivity index (χ3n) is 2.11. The van der Waals surface area contributed by atoms with Crippen molar-refractivity contribution in [2.75, 3.05) is 13.2 Å². The normalized spacial score (nSPS) is 13.5. The van der Waals surface area contributed by atoms with E-state index in [4.69, 9.17) is 10.2 Å². The topological polar surface area (TPSA) is 52.5 Å². The predicted octanol–water partition coefficient (Wildman–Crippen LogP) is 1.06. The van der Waals surface area contributed by atoms with Crippen LogP contribution in [0.3, 0.4) is 0 Å². The van der Waals surface area contributed by atoms with Crippen molar-refractivity contribution in [3.8, 4) is 0 Å². The minimum absolute atomic E-state index is 0.0365. The molecule has 0 amide bonds. The van der Waals surface area contributed by atoms with E-state index in [0.717, 1.165) is 0 Å². The Labute approximate surface area is 88.4 Å². The molecule has 3 N–H and O–H groups in total. The molecule has 0 bridgehead atoms. The first-order valence-corrected chi connectivity index (χ1v) is 5.53. The average Bonchev–Trinajstić information content (AvgIpc) is 2.61. The number of aryl methyl sites for hydroxylation is 1. The minimum Gasteiger partial charge on any atom is -0.395 e.